The van der Waals surface area contributed by atoms with E-state index in [2.05, 4.69) is 23.7 Å². The highest BCUT2D eigenvalue weighted by atomic mass is 19.4. The molecule has 0 unspecified atom stereocenters. The lowest BCUT2D eigenvalue weighted by atomic mass is 9.72. The van der Waals surface area contributed by atoms with E-state index >= 15 is 0 Å². The SMILES string of the molecule is C=C(NC(=O)C1=C(C)CCCC1)N1CCC(C)(c2ccc(C(F)(F)F)cc2C)CC1. The lowest BCUT2D eigenvalue weighted by Gasteiger charge is -2.42. The van der Waals surface area contributed by atoms with Gasteiger partial charge in [-0.1, -0.05) is 25.1 Å². The molecule has 3 nitrogen and oxygen atoms in total. The lowest BCUT2D eigenvalue weighted by molar-refractivity contribution is -0.137. The van der Waals surface area contributed by atoms with Crippen molar-refractivity contribution in [1.82, 2.24) is 10.2 Å². The summed E-state index contributed by atoms with van der Waals surface area (Å²) in [6.45, 7) is 11.3. The van der Waals surface area contributed by atoms with Gasteiger partial charge in [0, 0.05) is 18.7 Å². The molecule has 1 aromatic carbocycles. The van der Waals surface area contributed by atoms with Crippen molar-refractivity contribution >= 4 is 5.91 Å². The van der Waals surface area contributed by atoms with Crippen LogP contribution in [0, 0.1) is 6.92 Å². The van der Waals surface area contributed by atoms with Gasteiger partial charge in [0.2, 0.25) is 0 Å². The molecule has 3 rings (SSSR count). The molecule has 0 aromatic heterocycles. The molecular formula is C24H31F3N2O. The zero-order valence-electron chi connectivity index (χ0n) is 18.1. The molecule has 164 valence electrons. The van der Waals surface area contributed by atoms with Crippen LogP contribution in [-0.2, 0) is 16.4 Å². The Morgan fingerprint density at radius 1 is 1.13 bits per heavy atom. The highest BCUT2D eigenvalue weighted by molar-refractivity contribution is 5.95. The number of nitrogens with one attached hydrogen (secondary N) is 1. The van der Waals surface area contributed by atoms with Gasteiger partial charge in [0.05, 0.1) is 5.56 Å². The molecule has 0 radical (unpaired) electrons. The van der Waals surface area contributed by atoms with Gasteiger partial charge in [-0.05, 0) is 81.0 Å². The molecule has 1 aliphatic heterocycles. The van der Waals surface area contributed by atoms with E-state index in [-0.39, 0.29) is 11.3 Å². The summed E-state index contributed by atoms with van der Waals surface area (Å²) in [6.07, 6.45) is 1.22. The number of nitrogens with zero attached hydrogens (tertiary/aromatic N) is 1. The lowest BCUT2D eigenvalue weighted by Crippen LogP contribution is -2.44. The van der Waals surface area contributed by atoms with E-state index in [0.29, 0.717) is 24.5 Å². The number of halogens is 3. The third-order valence-corrected chi connectivity index (χ3v) is 6.73. The second kappa shape index (κ2) is 8.48. The van der Waals surface area contributed by atoms with Crippen molar-refractivity contribution in [2.24, 2.45) is 0 Å². The number of piperidine rings is 1. The Kier molecular flexibility index (Phi) is 6.34. The highest BCUT2D eigenvalue weighted by Crippen LogP contribution is 2.39. The van der Waals surface area contributed by atoms with Crippen LogP contribution in [0.3, 0.4) is 0 Å². The van der Waals surface area contributed by atoms with E-state index in [1.807, 2.05) is 6.92 Å². The van der Waals surface area contributed by atoms with Crippen LogP contribution in [0.15, 0.2) is 41.7 Å². The molecule has 0 saturated carbocycles. The monoisotopic (exact) mass is 420 g/mol. The van der Waals surface area contributed by atoms with Crippen LogP contribution in [-0.4, -0.2) is 23.9 Å². The summed E-state index contributed by atoms with van der Waals surface area (Å²) in [6, 6.07) is 4.05. The van der Waals surface area contributed by atoms with Crippen LogP contribution in [0.4, 0.5) is 13.2 Å². The number of likely N-dealkylation sites (tertiary alicyclic amines) is 1. The molecule has 0 atom stereocenters. The molecule has 1 amide bonds. The number of allylic oxidation sites excluding steroid dienone is 1. The average molecular weight is 421 g/mol. The Hall–Kier alpha value is -2.24. The third kappa shape index (κ3) is 4.73. The van der Waals surface area contributed by atoms with Crippen LogP contribution < -0.4 is 5.32 Å². The van der Waals surface area contributed by atoms with Gasteiger partial charge in [-0.25, -0.2) is 0 Å². The molecule has 1 aromatic rings. The standard InChI is InChI=1S/C24H31F3N2O/c1-16-7-5-6-8-20(16)22(30)28-18(3)29-13-11-23(4,12-14-29)21-10-9-19(15-17(21)2)24(25,26)27/h9-10,15H,3,5-8,11-14H2,1-2,4H3,(H,28,30). The summed E-state index contributed by atoms with van der Waals surface area (Å²) in [4.78, 5) is 14.7. The summed E-state index contributed by atoms with van der Waals surface area (Å²) in [7, 11) is 0. The van der Waals surface area contributed by atoms with Gasteiger partial charge >= 0.3 is 6.18 Å². The van der Waals surface area contributed by atoms with E-state index in [1.165, 1.54) is 12.1 Å². The summed E-state index contributed by atoms with van der Waals surface area (Å²) < 4.78 is 39.0. The largest absolute Gasteiger partial charge is 0.416 e. The quantitative estimate of drug-likeness (QED) is 0.663. The van der Waals surface area contributed by atoms with E-state index in [0.717, 1.165) is 55.2 Å². The predicted octanol–water partition coefficient (Wildman–Crippen LogP) is 5.85. The number of alkyl halides is 3. The van der Waals surface area contributed by atoms with E-state index in [1.54, 1.807) is 13.0 Å². The Morgan fingerprint density at radius 3 is 2.33 bits per heavy atom. The zero-order valence-corrected chi connectivity index (χ0v) is 18.1. The van der Waals surface area contributed by atoms with Crippen molar-refractivity contribution in [1.29, 1.82) is 0 Å². The molecule has 0 spiro atoms. The topological polar surface area (TPSA) is 32.3 Å². The van der Waals surface area contributed by atoms with Gasteiger partial charge in [0.15, 0.2) is 0 Å². The van der Waals surface area contributed by atoms with Gasteiger partial charge < -0.3 is 10.2 Å². The minimum atomic E-state index is -4.32. The molecule has 30 heavy (non-hydrogen) atoms. The fraction of sp³-hybridized carbons (Fsp3) is 0.542. The van der Waals surface area contributed by atoms with Crippen molar-refractivity contribution in [2.45, 2.75) is 70.9 Å². The van der Waals surface area contributed by atoms with Crippen LogP contribution in [0.1, 0.15) is 69.1 Å². The minimum Gasteiger partial charge on any atom is -0.359 e. The average Bonchev–Trinajstić information content (AvgIpc) is 2.67. The van der Waals surface area contributed by atoms with Crippen LogP contribution in [0.25, 0.3) is 0 Å². The first-order valence-corrected chi connectivity index (χ1v) is 10.6. The first-order valence-electron chi connectivity index (χ1n) is 10.6. The molecule has 1 saturated heterocycles. The van der Waals surface area contributed by atoms with Crippen LogP contribution >= 0.6 is 0 Å². The Labute approximate surface area is 177 Å². The van der Waals surface area contributed by atoms with Gasteiger partial charge in [0.1, 0.15) is 5.82 Å². The molecule has 2 aliphatic rings. The minimum absolute atomic E-state index is 0.0517. The first kappa shape index (κ1) is 22.4. The molecule has 0 bridgehead atoms. The highest BCUT2D eigenvalue weighted by Gasteiger charge is 2.36. The first-order chi connectivity index (χ1) is 14.0. The van der Waals surface area contributed by atoms with Gasteiger partial charge in [0.25, 0.3) is 5.91 Å². The second-order valence-corrected chi connectivity index (χ2v) is 8.94. The number of carbonyl (C=O) groups is 1. The number of hydrogen-bond donors (Lipinski definition) is 1. The van der Waals surface area contributed by atoms with E-state index < -0.39 is 11.7 Å². The number of hydrogen-bond acceptors (Lipinski definition) is 2. The number of carbonyl (C=O) groups excluding carboxylic acids is 1. The van der Waals surface area contributed by atoms with Gasteiger partial charge in [-0.3, -0.25) is 4.79 Å². The molecule has 1 aliphatic carbocycles. The second-order valence-electron chi connectivity index (χ2n) is 8.94. The van der Waals surface area contributed by atoms with Crippen molar-refractivity contribution < 1.29 is 18.0 Å². The van der Waals surface area contributed by atoms with Gasteiger partial charge in [-0.15, -0.1) is 0 Å². The third-order valence-electron chi connectivity index (χ3n) is 6.73. The number of benzene rings is 1. The predicted molar refractivity (Wildman–Crippen MR) is 113 cm³/mol. The number of aryl methyl sites for hydroxylation is 1. The summed E-state index contributed by atoms with van der Waals surface area (Å²) in [5.74, 6) is 0.557. The Balaban J connectivity index is 1.64. The Bertz CT molecular complexity index is 862. The van der Waals surface area contributed by atoms with E-state index in [9.17, 15) is 18.0 Å². The van der Waals surface area contributed by atoms with Crippen molar-refractivity contribution in [2.75, 3.05) is 13.1 Å². The fourth-order valence-corrected chi connectivity index (χ4v) is 4.71. The molecule has 1 heterocycles. The van der Waals surface area contributed by atoms with Crippen molar-refractivity contribution in [3.63, 3.8) is 0 Å². The normalized spacial score (nSPS) is 19.6. The molecule has 1 N–H and O–H groups in total. The number of rotatable bonds is 4. The summed E-state index contributed by atoms with van der Waals surface area (Å²) in [5, 5.41) is 2.96. The molecule has 6 heteroatoms. The summed E-state index contributed by atoms with van der Waals surface area (Å²) >= 11 is 0. The maximum Gasteiger partial charge on any atom is 0.416 e. The van der Waals surface area contributed by atoms with Crippen LogP contribution in [0.2, 0.25) is 0 Å². The molecule has 1 fully saturated rings. The summed E-state index contributed by atoms with van der Waals surface area (Å²) in [5.41, 5.74) is 2.88. The fourth-order valence-electron chi connectivity index (χ4n) is 4.71. The van der Waals surface area contributed by atoms with E-state index in [4.69, 9.17) is 0 Å². The zero-order chi connectivity index (χ0) is 22.1. The smallest absolute Gasteiger partial charge is 0.359 e. The van der Waals surface area contributed by atoms with Crippen molar-refractivity contribution in [3.8, 4) is 0 Å². The number of amides is 1. The van der Waals surface area contributed by atoms with Crippen LogP contribution in [0.5, 0.6) is 0 Å². The maximum atomic E-state index is 13.0. The van der Waals surface area contributed by atoms with Gasteiger partial charge in [-0.2, -0.15) is 13.2 Å². The van der Waals surface area contributed by atoms with Crippen molar-refractivity contribution in [3.05, 3.63) is 58.4 Å². The maximum absolute atomic E-state index is 13.0. The molecular weight excluding hydrogens is 389 g/mol. The Morgan fingerprint density at radius 2 is 1.77 bits per heavy atom.